The second kappa shape index (κ2) is 5.92. The van der Waals surface area contributed by atoms with Crippen molar-refractivity contribution in [2.45, 2.75) is 19.8 Å². The molecule has 1 aromatic rings. The molecule has 0 aliphatic carbocycles. The molecule has 0 fully saturated rings. The first-order valence-corrected chi connectivity index (χ1v) is 5.41. The number of nitriles is 1. The summed E-state index contributed by atoms with van der Waals surface area (Å²) < 4.78 is 0. The zero-order chi connectivity index (χ0) is 12.0. The van der Waals surface area contributed by atoms with Crippen molar-refractivity contribution in [3.8, 4) is 6.07 Å². The third-order valence-electron chi connectivity index (χ3n) is 2.62. The monoisotopic (exact) mass is 216 g/mol. The fourth-order valence-corrected chi connectivity index (χ4v) is 1.59. The molecule has 1 aromatic carbocycles. The zero-order valence-electron chi connectivity index (χ0n) is 9.68. The summed E-state index contributed by atoms with van der Waals surface area (Å²) in [4.78, 5) is 13.6. The molecule has 0 radical (unpaired) electrons. The van der Waals surface area contributed by atoms with E-state index in [4.69, 9.17) is 5.26 Å². The highest BCUT2D eigenvalue weighted by Crippen LogP contribution is 2.17. The van der Waals surface area contributed by atoms with Crippen molar-refractivity contribution in [1.82, 2.24) is 4.90 Å². The standard InChI is InChI=1S/C13H16N2O/c1-3-15(10-9-14)13(16)11(2)12-7-5-4-6-8-12/h4-8,11H,3,10H2,1-2H3. The normalized spacial score (nSPS) is 11.6. The van der Waals surface area contributed by atoms with Crippen LogP contribution < -0.4 is 0 Å². The van der Waals surface area contributed by atoms with Crippen LogP contribution in [0.15, 0.2) is 30.3 Å². The number of nitrogens with zero attached hydrogens (tertiary/aromatic N) is 2. The Hall–Kier alpha value is -1.82. The molecular formula is C13H16N2O. The van der Waals surface area contributed by atoms with Crippen LogP contribution in [-0.4, -0.2) is 23.9 Å². The van der Waals surface area contributed by atoms with Gasteiger partial charge in [-0.3, -0.25) is 4.79 Å². The second-order valence-corrected chi connectivity index (χ2v) is 3.64. The average molecular weight is 216 g/mol. The highest BCUT2D eigenvalue weighted by Gasteiger charge is 2.20. The minimum Gasteiger partial charge on any atom is -0.329 e. The van der Waals surface area contributed by atoms with Gasteiger partial charge in [-0.15, -0.1) is 0 Å². The van der Waals surface area contributed by atoms with E-state index in [1.54, 1.807) is 4.90 Å². The molecule has 0 aromatic heterocycles. The Morgan fingerprint density at radius 2 is 2.06 bits per heavy atom. The average Bonchev–Trinajstić information content (AvgIpc) is 2.35. The Kier molecular flexibility index (Phi) is 4.53. The van der Waals surface area contributed by atoms with Crippen LogP contribution in [0.3, 0.4) is 0 Å². The topological polar surface area (TPSA) is 44.1 Å². The Labute approximate surface area is 96.3 Å². The first-order valence-electron chi connectivity index (χ1n) is 5.41. The number of hydrogen-bond donors (Lipinski definition) is 0. The number of amides is 1. The molecule has 0 aliphatic heterocycles. The SMILES string of the molecule is CCN(CC#N)C(=O)C(C)c1ccccc1. The summed E-state index contributed by atoms with van der Waals surface area (Å²) >= 11 is 0. The number of hydrogen-bond acceptors (Lipinski definition) is 2. The molecule has 0 saturated carbocycles. The van der Waals surface area contributed by atoms with Crippen molar-refractivity contribution in [2.24, 2.45) is 0 Å². The van der Waals surface area contributed by atoms with Gasteiger partial charge in [0.05, 0.1) is 12.0 Å². The molecule has 0 heterocycles. The number of benzene rings is 1. The van der Waals surface area contributed by atoms with Gasteiger partial charge >= 0.3 is 0 Å². The summed E-state index contributed by atoms with van der Waals surface area (Å²) in [5, 5.41) is 8.63. The van der Waals surface area contributed by atoms with E-state index >= 15 is 0 Å². The van der Waals surface area contributed by atoms with E-state index in [9.17, 15) is 4.79 Å². The molecule has 1 unspecified atom stereocenters. The van der Waals surface area contributed by atoms with Crippen molar-refractivity contribution in [3.05, 3.63) is 35.9 Å². The fraction of sp³-hybridized carbons (Fsp3) is 0.385. The van der Waals surface area contributed by atoms with E-state index in [2.05, 4.69) is 0 Å². The van der Waals surface area contributed by atoms with Gasteiger partial charge in [0.2, 0.25) is 5.91 Å². The van der Waals surface area contributed by atoms with Gasteiger partial charge in [0.1, 0.15) is 6.54 Å². The minimum atomic E-state index is -0.186. The van der Waals surface area contributed by atoms with Crippen molar-refractivity contribution >= 4 is 5.91 Å². The molecule has 16 heavy (non-hydrogen) atoms. The van der Waals surface area contributed by atoms with E-state index in [1.165, 1.54) is 0 Å². The maximum absolute atomic E-state index is 12.0. The summed E-state index contributed by atoms with van der Waals surface area (Å²) in [5.41, 5.74) is 0.990. The number of likely N-dealkylation sites (N-methyl/N-ethyl adjacent to an activating group) is 1. The maximum atomic E-state index is 12.0. The number of carbonyl (C=O) groups excluding carboxylic acids is 1. The lowest BCUT2D eigenvalue weighted by Crippen LogP contribution is -2.34. The quantitative estimate of drug-likeness (QED) is 0.724. The van der Waals surface area contributed by atoms with Gasteiger partial charge in [-0.2, -0.15) is 5.26 Å². The van der Waals surface area contributed by atoms with Crippen LogP contribution in [0.2, 0.25) is 0 Å². The highest BCUT2D eigenvalue weighted by atomic mass is 16.2. The van der Waals surface area contributed by atoms with Crippen LogP contribution in [0.4, 0.5) is 0 Å². The molecule has 84 valence electrons. The first-order chi connectivity index (χ1) is 7.70. The first kappa shape index (κ1) is 12.3. The van der Waals surface area contributed by atoms with Gasteiger partial charge in [-0.05, 0) is 19.4 Å². The van der Waals surface area contributed by atoms with Gasteiger partial charge < -0.3 is 4.90 Å². The van der Waals surface area contributed by atoms with Crippen LogP contribution in [-0.2, 0) is 4.79 Å². The van der Waals surface area contributed by atoms with Crippen molar-refractivity contribution in [3.63, 3.8) is 0 Å². The molecule has 0 saturated heterocycles. The van der Waals surface area contributed by atoms with Crippen molar-refractivity contribution in [1.29, 1.82) is 5.26 Å². The molecule has 1 rings (SSSR count). The summed E-state index contributed by atoms with van der Waals surface area (Å²) in [6.45, 7) is 4.49. The van der Waals surface area contributed by atoms with E-state index in [0.717, 1.165) is 5.56 Å². The highest BCUT2D eigenvalue weighted by molar-refractivity contribution is 5.83. The summed E-state index contributed by atoms with van der Waals surface area (Å²) in [7, 11) is 0. The lowest BCUT2D eigenvalue weighted by atomic mass is 10.00. The number of rotatable bonds is 4. The predicted molar refractivity (Wildman–Crippen MR) is 62.7 cm³/mol. The molecule has 1 atom stereocenters. The molecular weight excluding hydrogens is 200 g/mol. The Balaban J connectivity index is 2.78. The molecule has 0 aliphatic rings. The van der Waals surface area contributed by atoms with Crippen LogP contribution in [0.25, 0.3) is 0 Å². The Morgan fingerprint density at radius 1 is 1.44 bits per heavy atom. The van der Waals surface area contributed by atoms with Crippen LogP contribution in [0, 0.1) is 11.3 Å². The van der Waals surface area contributed by atoms with E-state index < -0.39 is 0 Å². The van der Waals surface area contributed by atoms with E-state index in [0.29, 0.717) is 6.54 Å². The van der Waals surface area contributed by atoms with Gasteiger partial charge in [0.25, 0.3) is 0 Å². The summed E-state index contributed by atoms with van der Waals surface area (Å²) in [6.07, 6.45) is 0. The lowest BCUT2D eigenvalue weighted by Gasteiger charge is -2.21. The molecule has 1 amide bonds. The minimum absolute atomic E-state index is 0.00949. The van der Waals surface area contributed by atoms with Crippen LogP contribution >= 0.6 is 0 Å². The Morgan fingerprint density at radius 3 is 2.56 bits per heavy atom. The maximum Gasteiger partial charge on any atom is 0.230 e. The van der Waals surface area contributed by atoms with Gasteiger partial charge in [0, 0.05) is 6.54 Å². The van der Waals surface area contributed by atoms with Crippen LogP contribution in [0.1, 0.15) is 25.3 Å². The lowest BCUT2D eigenvalue weighted by molar-refractivity contribution is -0.131. The smallest absolute Gasteiger partial charge is 0.230 e. The summed E-state index contributed by atoms with van der Waals surface area (Å²) in [6, 6.07) is 11.6. The van der Waals surface area contributed by atoms with Crippen molar-refractivity contribution in [2.75, 3.05) is 13.1 Å². The number of carbonyl (C=O) groups is 1. The molecule has 0 bridgehead atoms. The molecule has 0 spiro atoms. The van der Waals surface area contributed by atoms with Crippen LogP contribution in [0.5, 0.6) is 0 Å². The Bertz CT molecular complexity index is 381. The fourth-order valence-electron chi connectivity index (χ4n) is 1.59. The summed E-state index contributed by atoms with van der Waals surface area (Å²) in [5.74, 6) is -0.176. The molecule has 3 heteroatoms. The molecule has 3 nitrogen and oxygen atoms in total. The second-order valence-electron chi connectivity index (χ2n) is 3.64. The molecule has 0 N–H and O–H groups in total. The van der Waals surface area contributed by atoms with E-state index in [1.807, 2.05) is 50.2 Å². The van der Waals surface area contributed by atoms with Gasteiger partial charge in [-0.25, -0.2) is 0 Å². The third kappa shape index (κ3) is 2.83. The van der Waals surface area contributed by atoms with Gasteiger partial charge in [-0.1, -0.05) is 30.3 Å². The zero-order valence-corrected chi connectivity index (χ0v) is 9.68. The van der Waals surface area contributed by atoms with Gasteiger partial charge in [0.15, 0.2) is 0 Å². The third-order valence-corrected chi connectivity index (χ3v) is 2.62. The largest absolute Gasteiger partial charge is 0.329 e. The predicted octanol–water partition coefficient (Wildman–Crippen LogP) is 2.16. The van der Waals surface area contributed by atoms with E-state index in [-0.39, 0.29) is 18.4 Å². The van der Waals surface area contributed by atoms with Crippen molar-refractivity contribution < 1.29 is 4.79 Å².